The molecular formula is C40H79NO9. The van der Waals surface area contributed by atoms with E-state index in [0.717, 1.165) is 44.9 Å². The van der Waals surface area contributed by atoms with Crippen molar-refractivity contribution in [1.29, 1.82) is 0 Å². The van der Waals surface area contributed by atoms with E-state index < -0.39 is 55.6 Å². The maximum absolute atomic E-state index is 12.9. The molecule has 1 aliphatic rings. The number of hydrogen-bond acceptors (Lipinski definition) is 9. The SMILES string of the molecule is CCCCCCCCCCCCCCCCCC[C@@H](O)[C@@H](O)[C@H](CO[C@@H]1O[C@H](CO)[C@@H](O)C(O)C1O)NC(=O)CCCCCCCCCCC. The highest BCUT2D eigenvalue weighted by Gasteiger charge is 2.44. The first-order valence-corrected chi connectivity index (χ1v) is 20.8. The second kappa shape index (κ2) is 31.7. The van der Waals surface area contributed by atoms with Crippen LogP contribution in [0, 0.1) is 0 Å². The van der Waals surface area contributed by atoms with E-state index in [1.165, 1.54) is 116 Å². The van der Waals surface area contributed by atoms with E-state index in [2.05, 4.69) is 19.2 Å². The van der Waals surface area contributed by atoms with Crippen molar-refractivity contribution in [2.75, 3.05) is 13.2 Å². The second-order valence-electron chi connectivity index (χ2n) is 14.9. The Hall–Kier alpha value is -0.850. The third-order valence-electron chi connectivity index (χ3n) is 10.3. The van der Waals surface area contributed by atoms with E-state index in [-0.39, 0.29) is 18.9 Å². The summed E-state index contributed by atoms with van der Waals surface area (Å²) >= 11 is 0. The van der Waals surface area contributed by atoms with Crippen molar-refractivity contribution >= 4 is 5.91 Å². The molecule has 7 N–H and O–H groups in total. The van der Waals surface area contributed by atoms with E-state index in [1.807, 2.05) is 0 Å². The number of nitrogens with one attached hydrogen (secondary N) is 1. The predicted octanol–water partition coefficient (Wildman–Crippen LogP) is 6.58. The van der Waals surface area contributed by atoms with Crippen LogP contribution in [-0.2, 0) is 14.3 Å². The van der Waals surface area contributed by atoms with Gasteiger partial charge in [0.1, 0.15) is 30.5 Å². The molecule has 1 fully saturated rings. The molecule has 0 saturated carbocycles. The first-order valence-electron chi connectivity index (χ1n) is 20.8. The zero-order chi connectivity index (χ0) is 36.8. The number of ether oxygens (including phenoxy) is 2. The molecule has 0 bridgehead atoms. The topological polar surface area (TPSA) is 169 Å². The summed E-state index contributed by atoms with van der Waals surface area (Å²) in [5.74, 6) is -0.260. The van der Waals surface area contributed by atoms with Gasteiger partial charge in [0.15, 0.2) is 6.29 Å². The Morgan fingerprint density at radius 2 is 1.04 bits per heavy atom. The van der Waals surface area contributed by atoms with Gasteiger partial charge >= 0.3 is 0 Å². The fourth-order valence-corrected chi connectivity index (χ4v) is 6.84. The average molecular weight is 718 g/mol. The summed E-state index contributed by atoms with van der Waals surface area (Å²) < 4.78 is 11.1. The third kappa shape index (κ3) is 22.3. The van der Waals surface area contributed by atoms with Crippen molar-refractivity contribution < 1.29 is 44.9 Å². The highest BCUT2D eigenvalue weighted by Crippen LogP contribution is 2.23. The molecule has 1 aliphatic heterocycles. The van der Waals surface area contributed by atoms with Gasteiger partial charge in [0.05, 0.1) is 25.4 Å². The highest BCUT2D eigenvalue weighted by atomic mass is 16.7. The molecule has 1 heterocycles. The van der Waals surface area contributed by atoms with Crippen LogP contribution in [0.5, 0.6) is 0 Å². The average Bonchev–Trinajstić information content (AvgIpc) is 3.11. The standard InChI is InChI=1S/C40H79NO9/c1-3-5-7-9-11-13-14-15-16-17-18-19-21-22-24-26-28-33(43)36(45)32(31-49-40-39(48)38(47)37(46)34(30-42)50-40)41-35(44)29-27-25-23-20-12-10-8-6-4-2/h32-34,36-40,42-43,45-48H,3-31H2,1-2H3,(H,41,44)/t32-,33+,34+,36-,37+,38?,39?,40+/m0/s1. The molecule has 10 nitrogen and oxygen atoms in total. The van der Waals surface area contributed by atoms with Crippen molar-refractivity contribution in [1.82, 2.24) is 5.32 Å². The van der Waals surface area contributed by atoms with Crippen LogP contribution in [0.4, 0.5) is 0 Å². The molecule has 1 rings (SSSR count). The Bertz CT molecular complexity index is 773. The Morgan fingerprint density at radius 1 is 0.620 bits per heavy atom. The fraction of sp³-hybridized carbons (Fsp3) is 0.975. The summed E-state index contributed by atoms with van der Waals surface area (Å²) in [5, 5.41) is 64.8. The van der Waals surface area contributed by atoms with Crippen molar-refractivity contribution in [3.8, 4) is 0 Å². The van der Waals surface area contributed by atoms with Crippen LogP contribution < -0.4 is 5.32 Å². The van der Waals surface area contributed by atoms with Gasteiger partial charge in [0.2, 0.25) is 5.91 Å². The van der Waals surface area contributed by atoms with Crippen LogP contribution in [0.25, 0.3) is 0 Å². The van der Waals surface area contributed by atoms with Gasteiger partial charge in [0, 0.05) is 6.42 Å². The van der Waals surface area contributed by atoms with Crippen LogP contribution in [0.15, 0.2) is 0 Å². The van der Waals surface area contributed by atoms with Gasteiger partial charge in [-0.1, -0.05) is 168 Å². The summed E-state index contributed by atoms with van der Waals surface area (Å²) in [6.07, 6.45) is 21.2. The number of unbranched alkanes of at least 4 members (excludes halogenated alkanes) is 23. The summed E-state index contributed by atoms with van der Waals surface area (Å²) in [6, 6.07) is -0.982. The van der Waals surface area contributed by atoms with Gasteiger partial charge in [0.25, 0.3) is 0 Å². The molecule has 0 aliphatic carbocycles. The van der Waals surface area contributed by atoms with Gasteiger partial charge in [-0.15, -0.1) is 0 Å². The van der Waals surface area contributed by atoms with Crippen molar-refractivity contribution in [3.05, 3.63) is 0 Å². The molecule has 0 spiro atoms. The predicted molar refractivity (Wildman–Crippen MR) is 200 cm³/mol. The number of aliphatic hydroxyl groups is 6. The number of hydrogen-bond donors (Lipinski definition) is 7. The quantitative estimate of drug-likeness (QED) is 0.0364. The van der Waals surface area contributed by atoms with Crippen molar-refractivity contribution in [2.24, 2.45) is 0 Å². The minimum absolute atomic E-state index is 0.260. The van der Waals surface area contributed by atoms with E-state index in [4.69, 9.17) is 9.47 Å². The number of carbonyl (C=O) groups excluding carboxylic acids is 1. The van der Waals surface area contributed by atoms with E-state index >= 15 is 0 Å². The number of rotatable bonds is 34. The Labute approximate surface area is 305 Å². The van der Waals surface area contributed by atoms with E-state index in [1.54, 1.807) is 0 Å². The molecule has 0 radical (unpaired) electrons. The molecular weight excluding hydrogens is 638 g/mol. The summed E-state index contributed by atoms with van der Waals surface area (Å²) in [4.78, 5) is 12.9. The lowest BCUT2D eigenvalue weighted by molar-refractivity contribution is -0.303. The Balaban J connectivity index is 2.42. The van der Waals surface area contributed by atoms with Crippen LogP contribution >= 0.6 is 0 Å². The Kier molecular flexibility index (Phi) is 29.9. The normalized spacial score (nSPS) is 22.8. The molecule has 0 aromatic carbocycles. The number of amides is 1. The zero-order valence-electron chi connectivity index (χ0n) is 32.0. The number of carbonyl (C=O) groups is 1. The lowest BCUT2D eigenvalue weighted by Gasteiger charge is -2.40. The van der Waals surface area contributed by atoms with Crippen molar-refractivity contribution in [3.63, 3.8) is 0 Å². The minimum atomic E-state index is -1.60. The van der Waals surface area contributed by atoms with Crippen molar-refractivity contribution in [2.45, 2.75) is 236 Å². The fourth-order valence-electron chi connectivity index (χ4n) is 6.84. The van der Waals surface area contributed by atoms with Gasteiger partial charge in [-0.25, -0.2) is 0 Å². The lowest BCUT2D eigenvalue weighted by atomic mass is 9.98. The zero-order valence-corrected chi connectivity index (χ0v) is 32.0. The minimum Gasteiger partial charge on any atom is -0.394 e. The second-order valence-corrected chi connectivity index (χ2v) is 14.9. The largest absolute Gasteiger partial charge is 0.394 e. The molecule has 2 unspecified atom stereocenters. The molecule has 10 heteroatoms. The van der Waals surface area contributed by atoms with E-state index in [0.29, 0.717) is 6.42 Å². The maximum atomic E-state index is 12.9. The number of aliphatic hydroxyl groups excluding tert-OH is 6. The molecule has 1 saturated heterocycles. The summed E-state index contributed by atoms with van der Waals surface area (Å²) in [7, 11) is 0. The summed E-state index contributed by atoms with van der Waals surface area (Å²) in [6.45, 7) is 3.57. The molecule has 8 atom stereocenters. The summed E-state index contributed by atoms with van der Waals surface area (Å²) in [5.41, 5.74) is 0. The van der Waals surface area contributed by atoms with Gasteiger partial charge in [-0.3, -0.25) is 4.79 Å². The van der Waals surface area contributed by atoms with Crippen LogP contribution in [0.2, 0.25) is 0 Å². The van der Waals surface area contributed by atoms with Gasteiger partial charge < -0.3 is 45.4 Å². The van der Waals surface area contributed by atoms with Gasteiger partial charge in [-0.2, -0.15) is 0 Å². The lowest BCUT2D eigenvalue weighted by Crippen LogP contribution is -2.60. The van der Waals surface area contributed by atoms with Crippen LogP contribution in [0.3, 0.4) is 0 Å². The molecule has 298 valence electrons. The van der Waals surface area contributed by atoms with Crippen LogP contribution in [0.1, 0.15) is 187 Å². The molecule has 50 heavy (non-hydrogen) atoms. The molecule has 0 aromatic heterocycles. The monoisotopic (exact) mass is 718 g/mol. The first kappa shape index (κ1) is 47.2. The van der Waals surface area contributed by atoms with E-state index in [9.17, 15) is 35.4 Å². The Morgan fingerprint density at radius 3 is 1.48 bits per heavy atom. The highest BCUT2D eigenvalue weighted by molar-refractivity contribution is 5.76. The van der Waals surface area contributed by atoms with Crippen LogP contribution in [-0.4, -0.2) is 98.7 Å². The maximum Gasteiger partial charge on any atom is 0.220 e. The van der Waals surface area contributed by atoms with Gasteiger partial charge in [-0.05, 0) is 12.8 Å². The first-order chi connectivity index (χ1) is 24.3. The smallest absolute Gasteiger partial charge is 0.220 e. The molecule has 0 aromatic rings. The third-order valence-corrected chi connectivity index (χ3v) is 10.3. The molecule has 1 amide bonds.